The number of likely N-dealkylation sites (N-methyl/N-ethyl adjacent to an activating group) is 1. The molecule has 0 saturated carbocycles. The van der Waals surface area contributed by atoms with Gasteiger partial charge in [0.25, 0.3) is 0 Å². The third kappa shape index (κ3) is 3.34. The van der Waals surface area contributed by atoms with Crippen LogP contribution in [-0.2, 0) is 12.6 Å². The molecule has 0 bridgehead atoms. The Bertz CT molecular complexity index is 354. The second-order valence-corrected chi connectivity index (χ2v) is 3.08. The van der Waals surface area contributed by atoms with Gasteiger partial charge in [0.1, 0.15) is 0 Å². The summed E-state index contributed by atoms with van der Waals surface area (Å²) in [5.74, 6) is -1.24. The third-order valence-electron chi connectivity index (χ3n) is 1.85. The van der Waals surface area contributed by atoms with E-state index in [9.17, 15) is 13.2 Å². The second-order valence-electron chi connectivity index (χ2n) is 3.08. The highest BCUT2D eigenvalue weighted by atomic mass is 19.4. The maximum atomic E-state index is 12.4. The summed E-state index contributed by atoms with van der Waals surface area (Å²) in [6, 6.07) is 1.40. The van der Waals surface area contributed by atoms with Crippen LogP contribution in [0.4, 0.5) is 13.2 Å². The van der Waals surface area contributed by atoms with Gasteiger partial charge in [-0.05, 0) is 7.05 Å². The summed E-state index contributed by atoms with van der Waals surface area (Å²) in [7, 11) is 2.98. The smallest absolute Gasteiger partial charge is 0.451 e. The van der Waals surface area contributed by atoms with E-state index >= 15 is 0 Å². The Morgan fingerprint density at radius 1 is 1.38 bits per heavy atom. The zero-order chi connectivity index (χ0) is 12.2. The van der Waals surface area contributed by atoms with Gasteiger partial charge in [0.05, 0.1) is 7.11 Å². The molecule has 1 N–H and O–H groups in total. The molecule has 0 aliphatic heterocycles. The zero-order valence-electron chi connectivity index (χ0n) is 8.93. The Balaban J connectivity index is 3.01. The van der Waals surface area contributed by atoms with Crippen LogP contribution in [-0.4, -0.2) is 30.7 Å². The fraction of sp³-hybridized carbons (Fsp3) is 0.556. The van der Waals surface area contributed by atoms with Crippen LogP contribution in [0.25, 0.3) is 0 Å². The number of nitrogens with zero attached hydrogens (tertiary/aromatic N) is 2. The van der Waals surface area contributed by atoms with E-state index in [4.69, 9.17) is 4.74 Å². The molecule has 4 nitrogen and oxygen atoms in total. The van der Waals surface area contributed by atoms with Crippen LogP contribution in [0.1, 0.15) is 11.5 Å². The van der Waals surface area contributed by atoms with Crippen molar-refractivity contribution in [1.82, 2.24) is 15.3 Å². The van der Waals surface area contributed by atoms with Crippen molar-refractivity contribution in [3.8, 4) is 5.88 Å². The van der Waals surface area contributed by atoms with Gasteiger partial charge in [-0.1, -0.05) is 0 Å². The molecule has 7 heteroatoms. The largest absolute Gasteiger partial charge is 0.481 e. The van der Waals surface area contributed by atoms with E-state index < -0.39 is 12.0 Å². The highest BCUT2D eigenvalue weighted by Crippen LogP contribution is 2.27. The van der Waals surface area contributed by atoms with Crippen LogP contribution in [0, 0.1) is 0 Å². The van der Waals surface area contributed by atoms with E-state index in [-0.39, 0.29) is 5.88 Å². The molecule has 0 atom stereocenters. The van der Waals surface area contributed by atoms with Crippen molar-refractivity contribution in [3.63, 3.8) is 0 Å². The molecule has 1 rings (SSSR count). The summed E-state index contributed by atoms with van der Waals surface area (Å²) in [4.78, 5) is 6.69. The van der Waals surface area contributed by atoms with Crippen LogP contribution < -0.4 is 10.1 Å². The molecule has 1 aromatic rings. The van der Waals surface area contributed by atoms with Crippen LogP contribution in [0.2, 0.25) is 0 Å². The molecule has 16 heavy (non-hydrogen) atoms. The van der Waals surface area contributed by atoms with E-state index in [1.165, 1.54) is 13.2 Å². The number of methoxy groups -OCH3 is 1. The summed E-state index contributed by atoms with van der Waals surface area (Å²) < 4.78 is 41.9. The Hall–Kier alpha value is -1.37. The number of alkyl halides is 3. The quantitative estimate of drug-likeness (QED) is 0.853. The molecular formula is C9H12F3N3O. The first-order valence-electron chi connectivity index (χ1n) is 4.61. The predicted octanol–water partition coefficient (Wildman–Crippen LogP) is 1.27. The minimum absolute atomic E-state index is 0.0755. The van der Waals surface area contributed by atoms with E-state index in [2.05, 4.69) is 15.3 Å². The summed E-state index contributed by atoms with van der Waals surface area (Å²) in [6.07, 6.45) is -4.17. The molecular weight excluding hydrogens is 223 g/mol. The Labute approximate surface area is 90.9 Å². The molecule has 90 valence electrons. The summed E-state index contributed by atoms with van der Waals surface area (Å²) in [6.45, 7) is 0.539. The van der Waals surface area contributed by atoms with Crippen molar-refractivity contribution in [2.45, 2.75) is 12.6 Å². The first-order valence-corrected chi connectivity index (χ1v) is 4.61. The molecule has 0 amide bonds. The molecule has 0 unspecified atom stereocenters. The molecule has 1 heterocycles. The number of hydrogen-bond acceptors (Lipinski definition) is 4. The number of hydrogen-bond donors (Lipinski definition) is 1. The van der Waals surface area contributed by atoms with Crippen molar-refractivity contribution in [3.05, 3.63) is 17.6 Å². The maximum absolute atomic E-state index is 12.4. The summed E-state index contributed by atoms with van der Waals surface area (Å²) >= 11 is 0. The highest BCUT2D eigenvalue weighted by Gasteiger charge is 2.35. The minimum atomic E-state index is -4.55. The van der Waals surface area contributed by atoms with E-state index in [1.54, 1.807) is 7.05 Å². The topological polar surface area (TPSA) is 47.0 Å². The summed E-state index contributed by atoms with van der Waals surface area (Å²) in [5, 5.41) is 2.83. The first kappa shape index (κ1) is 12.7. The van der Waals surface area contributed by atoms with Gasteiger partial charge in [0, 0.05) is 24.7 Å². The van der Waals surface area contributed by atoms with Crippen molar-refractivity contribution in [2.75, 3.05) is 20.7 Å². The molecule has 0 aliphatic carbocycles. The fourth-order valence-corrected chi connectivity index (χ4v) is 1.08. The van der Waals surface area contributed by atoms with Crippen molar-refractivity contribution < 1.29 is 17.9 Å². The Morgan fingerprint density at radius 2 is 2.06 bits per heavy atom. The molecule has 0 aromatic carbocycles. The second kappa shape index (κ2) is 5.11. The lowest BCUT2D eigenvalue weighted by atomic mass is 10.3. The van der Waals surface area contributed by atoms with Gasteiger partial charge in [-0.25, -0.2) is 4.98 Å². The van der Waals surface area contributed by atoms with Gasteiger partial charge in [0.2, 0.25) is 11.7 Å². The van der Waals surface area contributed by atoms with E-state index in [0.29, 0.717) is 18.7 Å². The van der Waals surface area contributed by atoms with Gasteiger partial charge in [-0.15, -0.1) is 0 Å². The zero-order valence-corrected chi connectivity index (χ0v) is 8.93. The number of ether oxygens (including phenoxy) is 1. The van der Waals surface area contributed by atoms with Crippen molar-refractivity contribution >= 4 is 0 Å². The number of nitrogens with one attached hydrogen (secondary N) is 1. The van der Waals surface area contributed by atoms with E-state index in [1.807, 2.05) is 0 Å². The lowest BCUT2D eigenvalue weighted by Gasteiger charge is -2.09. The normalized spacial score (nSPS) is 11.6. The van der Waals surface area contributed by atoms with Crippen LogP contribution in [0.5, 0.6) is 5.88 Å². The van der Waals surface area contributed by atoms with Gasteiger partial charge in [0.15, 0.2) is 0 Å². The lowest BCUT2D eigenvalue weighted by Crippen LogP contribution is -2.16. The average molecular weight is 235 g/mol. The van der Waals surface area contributed by atoms with Gasteiger partial charge >= 0.3 is 6.18 Å². The Kier molecular flexibility index (Phi) is 4.05. The standard InChI is InChI=1S/C9H12F3N3O/c1-13-4-3-6-5-7(16-2)15-8(14-6)9(10,11)12/h5,13H,3-4H2,1-2H3. The number of rotatable bonds is 4. The summed E-state index contributed by atoms with van der Waals surface area (Å²) in [5.41, 5.74) is 0.300. The molecule has 0 fully saturated rings. The minimum Gasteiger partial charge on any atom is -0.481 e. The van der Waals surface area contributed by atoms with Crippen LogP contribution >= 0.6 is 0 Å². The van der Waals surface area contributed by atoms with Crippen molar-refractivity contribution in [1.29, 1.82) is 0 Å². The SMILES string of the molecule is CNCCc1cc(OC)nc(C(F)(F)F)n1. The first-order chi connectivity index (χ1) is 7.47. The van der Waals surface area contributed by atoms with Crippen LogP contribution in [0.15, 0.2) is 6.07 Å². The van der Waals surface area contributed by atoms with Crippen LogP contribution in [0.3, 0.4) is 0 Å². The van der Waals surface area contributed by atoms with Gasteiger partial charge in [-0.3, -0.25) is 0 Å². The molecule has 0 saturated heterocycles. The molecule has 1 aromatic heterocycles. The maximum Gasteiger partial charge on any atom is 0.451 e. The average Bonchev–Trinajstić information content (AvgIpc) is 2.24. The van der Waals surface area contributed by atoms with Gasteiger partial charge in [-0.2, -0.15) is 18.2 Å². The monoisotopic (exact) mass is 235 g/mol. The van der Waals surface area contributed by atoms with Gasteiger partial charge < -0.3 is 10.1 Å². The lowest BCUT2D eigenvalue weighted by molar-refractivity contribution is -0.145. The van der Waals surface area contributed by atoms with Crippen molar-refractivity contribution in [2.24, 2.45) is 0 Å². The molecule has 0 aliphatic rings. The third-order valence-corrected chi connectivity index (χ3v) is 1.85. The molecule has 0 spiro atoms. The fourth-order valence-electron chi connectivity index (χ4n) is 1.08. The number of halogens is 3. The predicted molar refractivity (Wildman–Crippen MR) is 51.2 cm³/mol. The Morgan fingerprint density at radius 3 is 2.56 bits per heavy atom. The van der Waals surface area contributed by atoms with E-state index in [0.717, 1.165) is 0 Å². The highest BCUT2D eigenvalue weighted by molar-refractivity contribution is 5.17. The molecule has 0 radical (unpaired) electrons. The number of aromatic nitrogens is 2.